The van der Waals surface area contributed by atoms with Crippen molar-refractivity contribution in [2.45, 2.75) is 84.3 Å². The summed E-state index contributed by atoms with van der Waals surface area (Å²) >= 11 is 0. The van der Waals surface area contributed by atoms with Crippen molar-refractivity contribution in [3.05, 3.63) is 0 Å². The molecule has 4 saturated carbocycles. The Morgan fingerprint density at radius 3 is 2.58 bits per heavy atom. The number of hydrogen-bond donors (Lipinski definition) is 2. The van der Waals surface area contributed by atoms with Crippen molar-refractivity contribution >= 4 is 11.6 Å². The van der Waals surface area contributed by atoms with Crippen LogP contribution in [-0.4, -0.2) is 33.5 Å². The third kappa shape index (κ3) is 2.15. The molecule has 4 rings (SSSR count). The molecule has 0 unspecified atom stereocenters. The molecule has 0 aromatic carbocycles. The van der Waals surface area contributed by atoms with Crippen LogP contribution >= 0.6 is 0 Å². The number of rotatable bonds is 1. The summed E-state index contributed by atoms with van der Waals surface area (Å²) in [6.07, 6.45) is 4.40. The highest BCUT2D eigenvalue weighted by Gasteiger charge is 2.69. The Balaban J connectivity index is 1.76. The highest BCUT2D eigenvalue weighted by Crippen LogP contribution is 2.69. The molecule has 4 aliphatic carbocycles. The number of carbonyl (C=O) groups excluding carboxylic acids is 2. The lowest BCUT2D eigenvalue weighted by molar-refractivity contribution is -0.250. The second-order valence-electron chi connectivity index (χ2n) is 10.5. The van der Waals surface area contributed by atoms with Gasteiger partial charge < -0.3 is 10.2 Å². The van der Waals surface area contributed by atoms with E-state index in [1.165, 1.54) is 0 Å². The van der Waals surface area contributed by atoms with Crippen LogP contribution in [0, 0.1) is 40.4 Å². The van der Waals surface area contributed by atoms with Crippen molar-refractivity contribution in [1.82, 2.24) is 0 Å². The quantitative estimate of drug-likeness (QED) is 0.751. The number of carbonyl (C=O) groups is 2. The lowest BCUT2D eigenvalue weighted by atomic mass is 9.40. The smallest absolute Gasteiger partial charge is 0.135 e. The lowest BCUT2D eigenvalue weighted by Crippen LogP contribution is -2.68. The maximum atomic E-state index is 12.3. The van der Waals surface area contributed by atoms with Crippen LogP contribution in [0.5, 0.6) is 0 Å². The van der Waals surface area contributed by atoms with Gasteiger partial charge in [-0.2, -0.15) is 0 Å². The molecule has 2 N–H and O–H groups in total. The van der Waals surface area contributed by atoms with Crippen LogP contribution in [0.25, 0.3) is 0 Å². The zero-order chi connectivity index (χ0) is 19.1. The first-order chi connectivity index (χ1) is 12.0. The fraction of sp³-hybridized carbons (Fsp3) is 0.909. The molecular formula is C22H34O4. The predicted octanol–water partition coefficient (Wildman–Crippen LogP) is 3.14. The number of ketones is 2. The number of hydrogen-bond acceptors (Lipinski definition) is 4. The molecule has 0 aliphatic heterocycles. The Labute approximate surface area is 156 Å². The van der Waals surface area contributed by atoms with E-state index in [0.29, 0.717) is 31.1 Å². The van der Waals surface area contributed by atoms with Gasteiger partial charge in [0.05, 0.1) is 11.7 Å². The van der Waals surface area contributed by atoms with Crippen molar-refractivity contribution in [1.29, 1.82) is 0 Å². The van der Waals surface area contributed by atoms with Gasteiger partial charge in [0.15, 0.2) is 0 Å². The maximum Gasteiger partial charge on any atom is 0.135 e. The summed E-state index contributed by atoms with van der Waals surface area (Å²) in [5.41, 5.74) is -1.54. The SMILES string of the molecule is CC(=O)[C@H]1CC[C@H]2[C@@H]3C[C@H](C)[C@@]4(O)CC(=O)CC[C@]4(C)[C@H]3[C@H](O)C[C@]12C. The molecule has 0 bridgehead atoms. The molecule has 0 saturated heterocycles. The van der Waals surface area contributed by atoms with Crippen molar-refractivity contribution in [3.63, 3.8) is 0 Å². The van der Waals surface area contributed by atoms with E-state index in [2.05, 4.69) is 20.8 Å². The summed E-state index contributed by atoms with van der Waals surface area (Å²) in [5, 5.41) is 22.9. The summed E-state index contributed by atoms with van der Waals surface area (Å²) in [7, 11) is 0. The minimum absolute atomic E-state index is 0.0283. The van der Waals surface area contributed by atoms with E-state index in [4.69, 9.17) is 0 Å². The minimum Gasteiger partial charge on any atom is -0.393 e. The van der Waals surface area contributed by atoms with E-state index in [0.717, 1.165) is 19.3 Å². The van der Waals surface area contributed by atoms with Gasteiger partial charge >= 0.3 is 0 Å². The summed E-state index contributed by atoms with van der Waals surface area (Å²) in [6, 6.07) is 0. The molecule has 4 aliphatic rings. The second-order valence-corrected chi connectivity index (χ2v) is 10.5. The molecule has 4 nitrogen and oxygen atoms in total. The third-order valence-corrected chi connectivity index (χ3v) is 9.50. The molecule has 9 atom stereocenters. The van der Waals surface area contributed by atoms with Crippen LogP contribution in [0.2, 0.25) is 0 Å². The van der Waals surface area contributed by atoms with Crippen LogP contribution in [0.1, 0.15) is 72.6 Å². The van der Waals surface area contributed by atoms with Gasteiger partial charge in [-0.1, -0.05) is 20.8 Å². The van der Waals surface area contributed by atoms with Gasteiger partial charge in [-0.3, -0.25) is 9.59 Å². The number of aliphatic hydroxyl groups excluding tert-OH is 1. The Morgan fingerprint density at radius 2 is 1.92 bits per heavy atom. The average molecular weight is 363 g/mol. The van der Waals surface area contributed by atoms with Crippen LogP contribution in [0.15, 0.2) is 0 Å². The molecule has 4 fully saturated rings. The highest BCUT2D eigenvalue weighted by molar-refractivity contribution is 5.81. The van der Waals surface area contributed by atoms with E-state index in [-0.39, 0.29) is 41.2 Å². The van der Waals surface area contributed by atoms with Crippen LogP contribution in [-0.2, 0) is 9.59 Å². The van der Waals surface area contributed by atoms with E-state index in [9.17, 15) is 19.8 Å². The summed E-state index contributed by atoms with van der Waals surface area (Å²) in [4.78, 5) is 24.4. The number of fused-ring (bicyclic) bond motifs is 5. The zero-order valence-electron chi connectivity index (χ0n) is 16.6. The Morgan fingerprint density at radius 1 is 1.23 bits per heavy atom. The summed E-state index contributed by atoms with van der Waals surface area (Å²) in [6.45, 7) is 8.13. The first kappa shape index (κ1) is 18.6. The number of aliphatic hydroxyl groups is 2. The standard InChI is InChI=1S/C22H34O4/c1-12-9-15-17-6-5-16(13(2)23)20(17,3)11-18(25)19(15)21(4)8-7-14(24)10-22(12,21)26/h12,15-19,25-26H,5-11H2,1-4H3/t12-,15-,16+,17-,18+,19+,20+,21+,22-/m0/s1. The number of Topliss-reactive ketones (excluding diaryl/α,β-unsaturated/α-hetero) is 2. The predicted molar refractivity (Wildman–Crippen MR) is 98.3 cm³/mol. The lowest BCUT2D eigenvalue weighted by Gasteiger charge is -2.66. The normalized spacial score (nSPS) is 56.5. The van der Waals surface area contributed by atoms with Gasteiger partial charge in [0.1, 0.15) is 11.6 Å². The molecule has 0 spiro atoms. The summed E-state index contributed by atoms with van der Waals surface area (Å²) in [5.74, 6) is 1.32. The molecule has 0 heterocycles. The van der Waals surface area contributed by atoms with E-state index in [1.54, 1.807) is 6.92 Å². The third-order valence-electron chi connectivity index (χ3n) is 9.50. The fourth-order valence-electron chi connectivity index (χ4n) is 8.25. The Hall–Kier alpha value is -0.740. The molecule has 4 heteroatoms. The monoisotopic (exact) mass is 362 g/mol. The average Bonchev–Trinajstić information content (AvgIpc) is 2.87. The molecule has 26 heavy (non-hydrogen) atoms. The van der Waals surface area contributed by atoms with E-state index in [1.807, 2.05) is 0 Å². The van der Waals surface area contributed by atoms with E-state index >= 15 is 0 Å². The molecule has 0 aromatic rings. The molecule has 0 aromatic heterocycles. The van der Waals surface area contributed by atoms with Gasteiger partial charge in [-0.05, 0) is 68.1 Å². The largest absolute Gasteiger partial charge is 0.393 e. The first-order valence-corrected chi connectivity index (χ1v) is 10.5. The van der Waals surface area contributed by atoms with Gasteiger partial charge in [0.2, 0.25) is 0 Å². The summed E-state index contributed by atoms with van der Waals surface area (Å²) < 4.78 is 0. The topological polar surface area (TPSA) is 74.6 Å². The van der Waals surface area contributed by atoms with Gasteiger partial charge in [-0.25, -0.2) is 0 Å². The van der Waals surface area contributed by atoms with E-state index < -0.39 is 17.1 Å². The van der Waals surface area contributed by atoms with Crippen LogP contribution in [0.4, 0.5) is 0 Å². The maximum absolute atomic E-state index is 12.3. The van der Waals surface area contributed by atoms with Crippen molar-refractivity contribution < 1.29 is 19.8 Å². The zero-order valence-corrected chi connectivity index (χ0v) is 16.6. The van der Waals surface area contributed by atoms with Crippen molar-refractivity contribution in [3.8, 4) is 0 Å². The van der Waals surface area contributed by atoms with Gasteiger partial charge in [-0.15, -0.1) is 0 Å². The molecular weight excluding hydrogens is 328 g/mol. The fourth-order valence-corrected chi connectivity index (χ4v) is 8.25. The van der Waals surface area contributed by atoms with Crippen LogP contribution < -0.4 is 0 Å². The molecule has 0 amide bonds. The highest BCUT2D eigenvalue weighted by atomic mass is 16.3. The second kappa shape index (κ2) is 5.64. The molecule has 146 valence electrons. The first-order valence-electron chi connectivity index (χ1n) is 10.5. The van der Waals surface area contributed by atoms with Crippen LogP contribution in [0.3, 0.4) is 0 Å². The molecule has 0 radical (unpaired) electrons. The minimum atomic E-state index is -1.00. The van der Waals surface area contributed by atoms with Crippen molar-refractivity contribution in [2.24, 2.45) is 40.4 Å². The van der Waals surface area contributed by atoms with Gasteiger partial charge in [0, 0.05) is 24.2 Å². The Bertz CT molecular complexity index is 644. The van der Waals surface area contributed by atoms with Gasteiger partial charge in [0.25, 0.3) is 0 Å². The van der Waals surface area contributed by atoms with Crippen molar-refractivity contribution in [2.75, 3.05) is 0 Å². The Kier molecular flexibility index (Phi) is 4.03.